The first-order chi connectivity index (χ1) is 16.3. The third kappa shape index (κ3) is 4.87. The summed E-state index contributed by atoms with van der Waals surface area (Å²) in [4.78, 5) is 12.6. The molecule has 4 aromatic rings. The van der Waals surface area contributed by atoms with Gasteiger partial charge in [-0.15, -0.1) is 10.2 Å². The molecule has 0 amide bonds. The van der Waals surface area contributed by atoms with Gasteiger partial charge in [0, 0.05) is 11.3 Å². The van der Waals surface area contributed by atoms with Crippen LogP contribution in [-0.4, -0.2) is 33.3 Å². The van der Waals surface area contributed by atoms with Crippen molar-refractivity contribution in [2.75, 3.05) is 12.4 Å². The van der Waals surface area contributed by atoms with E-state index in [9.17, 15) is 22.4 Å². The summed E-state index contributed by atoms with van der Waals surface area (Å²) >= 11 is 0. The summed E-state index contributed by atoms with van der Waals surface area (Å²) < 4.78 is 60.1. The van der Waals surface area contributed by atoms with Gasteiger partial charge in [0.2, 0.25) is 5.82 Å². The van der Waals surface area contributed by atoms with Gasteiger partial charge in [0.05, 0.1) is 36.0 Å². The van der Waals surface area contributed by atoms with E-state index in [2.05, 4.69) is 25.5 Å². The van der Waals surface area contributed by atoms with E-state index >= 15 is 0 Å². The molecular weight excluding hydrogens is 454 g/mol. The van der Waals surface area contributed by atoms with E-state index < -0.39 is 23.5 Å². The molecule has 0 bridgehead atoms. The third-order valence-corrected chi connectivity index (χ3v) is 4.90. The maximum absolute atomic E-state index is 14.0. The van der Waals surface area contributed by atoms with Crippen LogP contribution in [0.2, 0.25) is 0 Å². The molecule has 0 unspecified atom stereocenters. The highest BCUT2D eigenvalue weighted by molar-refractivity contribution is 5.90. The van der Waals surface area contributed by atoms with E-state index in [0.29, 0.717) is 5.69 Å². The van der Waals surface area contributed by atoms with Crippen molar-refractivity contribution >= 4 is 17.3 Å². The Labute approximate surface area is 191 Å². The Balaban J connectivity index is 1.71. The Morgan fingerprint density at radius 2 is 1.76 bits per heavy atom. The molecule has 0 atom stereocenters. The zero-order valence-corrected chi connectivity index (χ0v) is 17.7. The summed E-state index contributed by atoms with van der Waals surface area (Å²) in [6.07, 6.45) is -4.70. The van der Waals surface area contributed by atoms with Crippen LogP contribution in [0, 0.1) is 5.82 Å². The van der Waals surface area contributed by atoms with Crippen LogP contribution in [0.4, 0.5) is 28.9 Å². The molecule has 7 nitrogen and oxygen atoms in total. The third-order valence-electron chi connectivity index (χ3n) is 4.90. The number of methoxy groups -OCH3 is 1. The average molecular weight is 471 g/mol. The van der Waals surface area contributed by atoms with E-state index in [1.165, 1.54) is 61.7 Å². The number of tetrazole rings is 1. The van der Waals surface area contributed by atoms with Gasteiger partial charge >= 0.3 is 12.1 Å². The van der Waals surface area contributed by atoms with E-state index in [-0.39, 0.29) is 34.7 Å². The summed E-state index contributed by atoms with van der Waals surface area (Å²) in [7, 11) is 1.25. The molecule has 0 radical (unpaired) electrons. The van der Waals surface area contributed by atoms with Crippen molar-refractivity contribution in [2.45, 2.75) is 12.7 Å². The van der Waals surface area contributed by atoms with Gasteiger partial charge < -0.3 is 10.1 Å². The monoisotopic (exact) mass is 471 g/mol. The number of benzene rings is 3. The second-order valence-electron chi connectivity index (χ2n) is 7.15. The van der Waals surface area contributed by atoms with Gasteiger partial charge in [0.15, 0.2) is 0 Å². The zero-order valence-electron chi connectivity index (χ0n) is 17.7. The number of hydrogen-bond acceptors (Lipinski definition) is 6. The molecule has 4 rings (SSSR count). The van der Waals surface area contributed by atoms with Crippen molar-refractivity contribution in [3.8, 4) is 11.4 Å². The smallest absolute Gasteiger partial charge is 0.417 e. The van der Waals surface area contributed by atoms with E-state index in [1.54, 1.807) is 6.07 Å². The van der Waals surface area contributed by atoms with E-state index in [0.717, 1.165) is 10.9 Å². The molecule has 0 saturated carbocycles. The SMILES string of the molecule is COC(=O)c1ccc(Nc2cccc(C(F)(F)F)c2-c2nnn(Cc3ccccc3F)n2)cc1. The van der Waals surface area contributed by atoms with Crippen molar-refractivity contribution in [1.82, 2.24) is 20.2 Å². The highest BCUT2D eigenvalue weighted by atomic mass is 19.4. The fourth-order valence-electron chi connectivity index (χ4n) is 3.29. The molecule has 0 spiro atoms. The van der Waals surface area contributed by atoms with Gasteiger partial charge in [0.25, 0.3) is 0 Å². The molecule has 11 heteroatoms. The molecule has 1 aromatic heterocycles. The molecule has 0 saturated heterocycles. The lowest BCUT2D eigenvalue weighted by Gasteiger charge is -2.16. The Bertz CT molecular complexity index is 1320. The first-order valence-corrected chi connectivity index (χ1v) is 9.93. The minimum atomic E-state index is -4.70. The van der Waals surface area contributed by atoms with Crippen LogP contribution < -0.4 is 5.32 Å². The highest BCUT2D eigenvalue weighted by Crippen LogP contribution is 2.40. The Morgan fingerprint density at radius 1 is 1.03 bits per heavy atom. The second kappa shape index (κ2) is 9.30. The molecule has 0 aliphatic carbocycles. The van der Waals surface area contributed by atoms with Crippen molar-refractivity contribution in [1.29, 1.82) is 0 Å². The van der Waals surface area contributed by atoms with Gasteiger partial charge in [-0.25, -0.2) is 9.18 Å². The van der Waals surface area contributed by atoms with Gasteiger partial charge in [-0.1, -0.05) is 24.3 Å². The number of carbonyl (C=O) groups excluding carboxylic acids is 1. The van der Waals surface area contributed by atoms with Crippen LogP contribution in [0.25, 0.3) is 11.4 Å². The first kappa shape index (κ1) is 22.9. The van der Waals surface area contributed by atoms with Crippen molar-refractivity contribution in [2.24, 2.45) is 0 Å². The summed E-state index contributed by atoms with van der Waals surface area (Å²) in [5.74, 6) is -1.31. The second-order valence-corrected chi connectivity index (χ2v) is 7.15. The number of esters is 1. The minimum Gasteiger partial charge on any atom is -0.465 e. The molecular formula is C23H17F4N5O2. The predicted octanol–water partition coefficient (Wildman–Crippen LogP) is 5.08. The quantitative estimate of drug-likeness (QED) is 0.312. The van der Waals surface area contributed by atoms with Crippen LogP contribution in [-0.2, 0) is 17.5 Å². The van der Waals surface area contributed by atoms with Gasteiger partial charge in [-0.05, 0) is 47.7 Å². The number of ether oxygens (including phenoxy) is 1. The van der Waals surface area contributed by atoms with Crippen molar-refractivity contribution in [3.63, 3.8) is 0 Å². The number of alkyl halides is 3. The molecule has 174 valence electrons. The molecule has 0 fully saturated rings. The lowest BCUT2D eigenvalue weighted by Crippen LogP contribution is -2.10. The number of nitrogens with zero attached hydrogens (tertiary/aromatic N) is 4. The maximum Gasteiger partial charge on any atom is 0.417 e. The summed E-state index contributed by atoms with van der Waals surface area (Å²) in [6, 6.07) is 15.5. The minimum absolute atomic E-state index is 0.0751. The molecule has 1 N–H and O–H groups in total. The van der Waals surface area contributed by atoms with Crippen molar-refractivity contribution < 1.29 is 27.1 Å². The summed E-state index contributed by atoms with van der Waals surface area (Å²) in [5.41, 5.74) is -0.228. The maximum atomic E-state index is 14.0. The van der Waals surface area contributed by atoms with Crippen LogP contribution in [0.1, 0.15) is 21.5 Å². The number of anilines is 2. The Hall–Kier alpha value is -4.28. The molecule has 34 heavy (non-hydrogen) atoms. The average Bonchev–Trinajstić information content (AvgIpc) is 3.28. The van der Waals surface area contributed by atoms with Crippen LogP contribution in [0.5, 0.6) is 0 Å². The highest BCUT2D eigenvalue weighted by Gasteiger charge is 2.36. The normalized spacial score (nSPS) is 11.3. The number of nitrogens with one attached hydrogen (secondary N) is 1. The summed E-state index contributed by atoms with van der Waals surface area (Å²) in [5, 5.41) is 14.6. The van der Waals surface area contributed by atoms with Gasteiger partial charge in [-0.3, -0.25) is 0 Å². The number of aromatic nitrogens is 4. The fraction of sp³-hybridized carbons (Fsp3) is 0.130. The Kier molecular flexibility index (Phi) is 6.26. The molecule has 0 aliphatic heterocycles. The van der Waals surface area contributed by atoms with Crippen LogP contribution in [0.3, 0.4) is 0 Å². The largest absolute Gasteiger partial charge is 0.465 e. The standard InChI is InChI=1S/C23H17F4N5O2/c1-34-22(33)14-9-11-16(12-10-14)28-19-8-4-6-17(23(25,26)27)20(19)21-29-31-32(30-21)13-15-5-2-3-7-18(15)24/h2-12,28H,13H2,1H3. The van der Waals surface area contributed by atoms with Gasteiger partial charge in [0.1, 0.15) is 5.82 Å². The van der Waals surface area contributed by atoms with Crippen LogP contribution >= 0.6 is 0 Å². The Morgan fingerprint density at radius 3 is 2.44 bits per heavy atom. The topological polar surface area (TPSA) is 81.9 Å². The van der Waals surface area contributed by atoms with E-state index in [4.69, 9.17) is 0 Å². The lowest BCUT2D eigenvalue weighted by atomic mass is 10.0. The molecule has 3 aromatic carbocycles. The number of rotatable bonds is 6. The number of halogens is 4. The van der Waals surface area contributed by atoms with Crippen LogP contribution in [0.15, 0.2) is 66.7 Å². The number of hydrogen-bond donors (Lipinski definition) is 1. The predicted molar refractivity (Wildman–Crippen MR) is 115 cm³/mol. The zero-order chi connectivity index (χ0) is 24.3. The first-order valence-electron chi connectivity index (χ1n) is 9.93. The molecule has 1 heterocycles. The summed E-state index contributed by atoms with van der Waals surface area (Å²) in [6.45, 7) is -0.106. The van der Waals surface area contributed by atoms with Gasteiger partial charge in [-0.2, -0.15) is 18.0 Å². The fourth-order valence-corrected chi connectivity index (χ4v) is 3.29. The molecule has 0 aliphatic rings. The van der Waals surface area contributed by atoms with E-state index in [1.807, 2.05) is 0 Å². The lowest BCUT2D eigenvalue weighted by molar-refractivity contribution is -0.137. The number of carbonyl (C=O) groups is 1. The van der Waals surface area contributed by atoms with Crippen molar-refractivity contribution in [3.05, 3.63) is 89.2 Å².